The molecule has 1 rings (SSSR count). The lowest BCUT2D eigenvalue weighted by Gasteiger charge is -2.24. The topological polar surface area (TPSA) is 32.3 Å². The summed E-state index contributed by atoms with van der Waals surface area (Å²) in [6, 6.07) is 9.03. The van der Waals surface area contributed by atoms with E-state index in [0.717, 1.165) is 6.42 Å². The Bertz CT molecular complexity index is 389. The van der Waals surface area contributed by atoms with Crippen molar-refractivity contribution in [3.05, 3.63) is 35.4 Å². The van der Waals surface area contributed by atoms with E-state index in [4.69, 9.17) is 0 Å². The summed E-state index contributed by atoms with van der Waals surface area (Å²) in [5.74, 6) is 0.570. The van der Waals surface area contributed by atoms with Gasteiger partial charge in [0.2, 0.25) is 0 Å². The molecule has 0 aromatic heterocycles. The standard InChI is InChI=1S/C18H31NO/c1-13(2)15-7-9-16(10-8-15)14(3)19-12-17(20)11-18(4,5)6/h7-10,13-14,17,19-20H,11-12H2,1-6H3. The summed E-state index contributed by atoms with van der Waals surface area (Å²) in [5.41, 5.74) is 2.81. The van der Waals surface area contributed by atoms with Crippen LogP contribution >= 0.6 is 0 Å². The third kappa shape index (κ3) is 6.06. The zero-order valence-electron chi connectivity index (χ0n) is 13.9. The molecule has 2 nitrogen and oxygen atoms in total. The Morgan fingerprint density at radius 1 is 1.00 bits per heavy atom. The van der Waals surface area contributed by atoms with Gasteiger partial charge in [-0.25, -0.2) is 0 Å². The van der Waals surface area contributed by atoms with Crippen LogP contribution < -0.4 is 5.32 Å². The molecule has 1 aromatic carbocycles. The normalized spacial score (nSPS) is 15.4. The van der Waals surface area contributed by atoms with Crippen LogP contribution in [0.3, 0.4) is 0 Å². The zero-order valence-corrected chi connectivity index (χ0v) is 13.9. The summed E-state index contributed by atoms with van der Waals surface area (Å²) in [4.78, 5) is 0. The van der Waals surface area contributed by atoms with E-state index in [1.165, 1.54) is 11.1 Å². The van der Waals surface area contributed by atoms with Crippen molar-refractivity contribution in [2.75, 3.05) is 6.54 Å². The van der Waals surface area contributed by atoms with Crippen LogP contribution in [-0.2, 0) is 0 Å². The van der Waals surface area contributed by atoms with E-state index < -0.39 is 0 Å². The SMILES string of the molecule is CC(C)c1ccc(C(C)NCC(O)CC(C)(C)C)cc1. The fourth-order valence-electron chi connectivity index (χ4n) is 2.38. The minimum Gasteiger partial charge on any atom is -0.392 e. The molecule has 0 amide bonds. The average Bonchev–Trinajstić information content (AvgIpc) is 2.34. The number of benzene rings is 1. The molecule has 0 saturated carbocycles. The lowest BCUT2D eigenvalue weighted by Crippen LogP contribution is -2.31. The van der Waals surface area contributed by atoms with Crippen molar-refractivity contribution in [3.63, 3.8) is 0 Å². The molecule has 1 aromatic rings. The Kier molecular flexibility index (Phi) is 6.22. The van der Waals surface area contributed by atoms with E-state index in [0.29, 0.717) is 12.5 Å². The highest BCUT2D eigenvalue weighted by molar-refractivity contribution is 5.26. The van der Waals surface area contributed by atoms with Gasteiger partial charge in [0.15, 0.2) is 0 Å². The fraction of sp³-hybridized carbons (Fsp3) is 0.667. The highest BCUT2D eigenvalue weighted by Crippen LogP contribution is 2.21. The van der Waals surface area contributed by atoms with Crippen LogP contribution in [0.2, 0.25) is 0 Å². The van der Waals surface area contributed by atoms with Crippen molar-refractivity contribution in [1.29, 1.82) is 0 Å². The van der Waals surface area contributed by atoms with Crippen molar-refractivity contribution in [1.82, 2.24) is 5.32 Å². The zero-order chi connectivity index (χ0) is 15.3. The van der Waals surface area contributed by atoms with Crippen LogP contribution in [0.15, 0.2) is 24.3 Å². The number of hydrogen-bond acceptors (Lipinski definition) is 2. The van der Waals surface area contributed by atoms with Gasteiger partial charge in [-0.15, -0.1) is 0 Å². The molecule has 0 spiro atoms. The predicted molar refractivity (Wildman–Crippen MR) is 87.0 cm³/mol. The molecule has 0 aliphatic rings. The molecule has 2 atom stereocenters. The summed E-state index contributed by atoms with van der Waals surface area (Å²) < 4.78 is 0. The van der Waals surface area contributed by atoms with Crippen molar-refractivity contribution < 1.29 is 5.11 Å². The maximum Gasteiger partial charge on any atom is 0.0669 e. The lowest BCUT2D eigenvalue weighted by atomic mass is 9.89. The highest BCUT2D eigenvalue weighted by Gasteiger charge is 2.17. The first kappa shape index (κ1) is 17.2. The average molecular weight is 277 g/mol. The van der Waals surface area contributed by atoms with Crippen molar-refractivity contribution in [3.8, 4) is 0 Å². The van der Waals surface area contributed by atoms with Gasteiger partial charge >= 0.3 is 0 Å². The second-order valence-electron chi connectivity index (χ2n) is 7.37. The Morgan fingerprint density at radius 2 is 1.50 bits per heavy atom. The molecule has 0 heterocycles. The van der Waals surface area contributed by atoms with E-state index in [-0.39, 0.29) is 17.6 Å². The molecule has 114 valence electrons. The first-order valence-electron chi connectivity index (χ1n) is 7.70. The smallest absolute Gasteiger partial charge is 0.0669 e. The number of rotatable bonds is 6. The van der Waals surface area contributed by atoms with Gasteiger partial charge in [-0.1, -0.05) is 58.9 Å². The van der Waals surface area contributed by atoms with Crippen LogP contribution in [-0.4, -0.2) is 17.8 Å². The first-order valence-corrected chi connectivity index (χ1v) is 7.70. The largest absolute Gasteiger partial charge is 0.392 e. The predicted octanol–water partition coefficient (Wildman–Crippen LogP) is 4.26. The van der Waals surface area contributed by atoms with Crippen LogP contribution in [0.25, 0.3) is 0 Å². The lowest BCUT2D eigenvalue weighted by molar-refractivity contribution is 0.117. The molecule has 0 aliphatic heterocycles. The minimum atomic E-state index is -0.285. The van der Waals surface area contributed by atoms with Crippen LogP contribution in [0.1, 0.15) is 71.0 Å². The van der Waals surface area contributed by atoms with Gasteiger partial charge in [0, 0.05) is 12.6 Å². The quantitative estimate of drug-likeness (QED) is 0.814. The minimum absolute atomic E-state index is 0.170. The highest BCUT2D eigenvalue weighted by atomic mass is 16.3. The van der Waals surface area contributed by atoms with Crippen molar-refractivity contribution >= 4 is 0 Å². The van der Waals surface area contributed by atoms with Crippen LogP contribution in [0.5, 0.6) is 0 Å². The van der Waals surface area contributed by atoms with E-state index in [2.05, 4.69) is 71.1 Å². The maximum absolute atomic E-state index is 10.0. The van der Waals surface area contributed by atoms with Gasteiger partial charge in [0.1, 0.15) is 0 Å². The van der Waals surface area contributed by atoms with Gasteiger partial charge in [0.25, 0.3) is 0 Å². The Hall–Kier alpha value is -0.860. The number of aliphatic hydroxyl groups is 1. The van der Waals surface area contributed by atoms with Crippen LogP contribution in [0.4, 0.5) is 0 Å². The van der Waals surface area contributed by atoms with Crippen molar-refractivity contribution in [2.24, 2.45) is 5.41 Å². The molecular weight excluding hydrogens is 246 g/mol. The Labute approximate surface area is 124 Å². The third-order valence-electron chi connectivity index (χ3n) is 3.61. The molecule has 2 N–H and O–H groups in total. The number of hydrogen-bond donors (Lipinski definition) is 2. The molecule has 2 heteroatoms. The second-order valence-corrected chi connectivity index (χ2v) is 7.37. The summed E-state index contributed by atoms with van der Waals surface area (Å²) in [6.07, 6.45) is 0.534. The van der Waals surface area contributed by atoms with E-state index in [1.807, 2.05) is 0 Å². The molecule has 2 unspecified atom stereocenters. The summed E-state index contributed by atoms with van der Waals surface area (Å²) in [7, 11) is 0. The van der Waals surface area contributed by atoms with E-state index >= 15 is 0 Å². The monoisotopic (exact) mass is 277 g/mol. The van der Waals surface area contributed by atoms with Crippen LogP contribution in [0, 0.1) is 5.41 Å². The number of nitrogens with one attached hydrogen (secondary N) is 1. The van der Waals surface area contributed by atoms with Crippen molar-refractivity contribution in [2.45, 2.75) is 66.0 Å². The van der Waals surface area contributed by atoms with Gasteiger partial charge < -0.3 is 10.4 Å². The van der Waals surface area contributed by atoms with E-state index in [1.54, 1.807) is 0 Å². The summed E-state index contributed by atoms with van der Waals surface area (Å²) >= 11 is 0. The summed E-state index contributed by atoms with van der Waals surface area (Å²) in [5, 5.41) is 13.5. The third-order valence-corrected chi connectivity index (χ3v) is 3.61. The maximum atomic E-state index is 10.0. The van der Waals surface area contributed by atoms with Gasteiger partial charge in [-0.2, -0.15) is 0 Å². The molecule has 0 bridgehead atoms. The molecule has 0 fully saturated rings. The van der Waals surface area contributed by atoms with Gasteiger partial charge in [-0.05, 0) is 35.8 Å². The first-order chi connectivity index (χ1) is 9.19. The molecule has 0 aliphatic carbocycles. The Balaban J connectivity index is 2.48. The second kappa shape index (κ2) is 7.24. The fourth-order valence-corrected chi connectivity index (χ4v) is 2.38. The van der Waals surface area contributed by atoms with Gasteiger partial charge in [0.05, 0.1) is 6.10 Å². The molecule has 0 radical (unpaired) electrons. The summed E-state index contributed by atoms with van der Waals surface area (Å²) in [6.45, 7) is 13.7. The van der Waals surface area contributed by atoms with E-state index in [9.17, 15) is 5.11 Å². The molecule has 20 heavy (non-hydrogen) atoms. The number of aliphatic hydroxyl groups excluding tert-OH is 1. The van der Waals surface area contributed by atoms with Gasteiger partial charge in [-0.3, -0.25) is 0 Å². The molecule has 0 saturated heterocycles. The Morgan fingerprint density at radius 3 is 1.95 bits per heavy atom. The molecular formula is C18H31NO.